The molecule has 0 fully saturated rings. The minimum absolute atomic E-state index is 0.0366. The average molecular weight is 522 g/mol. The highest BCUT2D eigenvalue weighted by Crippen LogP contribution is 2.28. The number of sulfonamides is 1. The fourth-order valence-corrected chi connectivity index (χ4v) is 5.79. The van der Waals surface area contributed by atoms with Gasteiger partial charge in [0.05, 0.1) is 16.1 Å². The average Bonchev–Trinajstić information content (AvgIpc) is 3.08. The predicted octanol–water partition coefficient (Wildman–Crippen LogP) is 3.12. The van der Waals surface area contributed by atoms with E-state index in [0.717, 1.165) is 23.1 Å². The summed E-state index contributed by atoms with van der Waals surface area (Å²) in [5.74, 6) is -1.25. The number of carbonyl (C=O) groups excluding carboxylic acids is 1. The van der Waals surface area contributed by atoms with Gasteiger partial charge in [-0.05, 0) is 57.2 Å². The number of carboxylic acid groups (broad SMARTS) is 1. The molecule has 11 nitrogen and oxygen atoms in total. The molecule has 186 valence electrons. The van der Waals surface area contributed by atoms with Gasteiger partial charge in [0, 0.05) is 23.4 Å². The van der Waals surface area contributed by atoms with Gasteiger partial charge in [0.15, 0.2) is 9.84 Å². The van der Waals surface area contributed by atoms with E-state index in [-0.39, 0.29) is 27.2 Å². The van der Waals surface area contributed by atoms with E-state index in [1.807, 2.05) is 0 Å². The minimum Gasteiger partial charge on any atom is -0.478 e. The summed E-state index contributed by atoms with van der Waals surface area (Å²) >= 11 is 0. The third kappa shape index (κ3) is 6.05. The first-order chi connectivity index (χ1) is 16.1. The summed E-state index contributed by atoms with van der Waals surface area (Å²) in [7, 11) is -8.16. The summed E-state index contributed by atoms with van der Waals surface area (Å²) < 4.78 is 58.8. The highest BCUT2D eigenvalue weighted by atomic mass is 32.2. The van der Waals surface area contributed by atoms with Crippen LogP contribution in [0.1, 0.15) is 26.5 Å². The van der Waals surface area contributed by atoms with Gasteiger partial charge in [-0.15, -0.1) is 0 Å². The zero-order chi connectivity index (χ0) is 26.2. The van der Waals surface area contributed by atoms with Gasteiger partial charge in [0.2, 0.25) is 0 Å². The Morgan fingerprint density at radius 1 is 1.06 bits per heavy atom. The Morgan fingerprint density at radius 3 is 2.26 bits per heavy atom. The van der Waals surface area contributed by atoms with E-state index in [2.05, 4.69) is 9.82 Å². The van der Waals surface area contributed by atoms with Crippen LogP contribution in [0.25, 0.3) is 17.0 Å². The summed E-state index contributed by atoms with van der Waals surface area (Å²) in [6.07, 6.45) is 2.07. The molecular weight excluding hydrogens is 498 g/mol. The van der Waals surface area contributed by atoms with Crippen molar-refractivity contribution in [2.75, 3.05) is 11.0 Å². The Hall–Kier alpha value is -3.71. The summed E-state index contributed by atoms with van der Waals surface area (Å²) in [5.41, 5.74) is -0.473. The van der Waals surface area contributed by atoms with Crippen LogP contribution in [-0.2, 0) is 29.4 Å². The van der Waals surface area contributed by atoms with Crippen LogP contribution < -0.4 is 4.72 Å². The molecule has 0 aliphatic rings. The smallest absolute Gasteiger partial charge is 0.435 e. The number of benzene rings is 2. The van der Waals surface area contributed by atoms with Crippen LogP contribution >= 0.6 is 0 Å². The molecule has 0 aliphatic carbocycles. The van der Waals surface area contributed by atoms with Gasteiger partial charge >= 0.3 is 12.1 Å². The number of aliphatic carboxylic acids is 1. The monoisotopic (exact) mass is 521 g/mol. The van der Waals surface area contributed by atoms with Crippen LogP contribution in [0.2, 0.25) is 0 Å². The Morgan fingerprint density at radius 2 is 1.69 bits per heavy atom. The number of nitrogens with one attached hydrogen (secondary N) is 1. The van der Waals surface area contributed by atoms with Crippen LogP contribution in [0.5, 0.6) is 0 Å². The van der Waals surface area contributed by atoms with E-state index >= 15 is 0 Å². The van der Waals surface area contributed by atoms with Crippen molar-refractivity contribution < 1.29 is 36.3 Å². The van der Waals surface area contributed by atoms with E-state index in [4.69, 9.17) is 9.84 Å². The second-order valence-electron chi connectivity index (χ2n) is 8.51. The largest absolute Gasteiger partial charge is 0.478 e. The van der Waals surface area contributed by atoms with Crippen LogP contribution in [0.3, 0.4) is 0 Å². The molecule has 2 aromatic carbocycles. The molecule has 0 saturated heterocycles. The standard InChI is InChI=1S/C22H23N3O8S2/c1-22(2,3)33-21(28)25-17-11-9-14(13-15(17)16(23-25)10-12-20(26)27)24-35(31,32)19-8-6-5-7-18(19)34(4,29)30/h5-13,24H,1-4H3,(H,26,27). The number of anilines is 1. The molecule has 0 radical (unpaired) electrons. The fraction of sp³-hybridized carbons (Fsp3) is 0.227. The first-order valence-electron chi connectivity index (χ1n) is 10.1. The quantitative estimate of drug-likeness (QED) is 0.464. The van der Waals surface area contributed by atoms with Crippen LogP contribution in [0, 0.1) is 0 Å². The summed E-state index contributed by atoms with van der Waals surface area (Å²) in [6.45, 7) is 5.01. The van der Waals surface area contributed by atoms with Gasteiger partial charge in [-0.2, -0.15) is 9.78 Å². The Balaban J connectivity index is 2.11. The Kier molecular flexibility index (Phi) is 6.77. The lowest BCUT2D eigenvalue weighted by Gasteiger charge is -2.19. The molecule has 1 aromatic heterocycles. The van der Waals surface area contributed by atoms with Gasteiger partial charge in [-0.3, -0.25) is 4.72 Å². The van der Waals surface area contributed by atoms with Crippen molar-refractivity contribution >= 4 is 54.6 Å². The van der Waals surface area contributed by atoms with Crippen molar-refractivity contribution in [3.8, 4) is 0 Å². The van der Waals surface area contributed by atoms with Crippen molar-refractivity contribution in [3.05, 3.63) is 54.2 Å². The molecule has 0 amide bonds. The SMILES string of the molecule is CC(C)(C)OC(=O)n1nc(C=CC(=O)O)c2cc(NS(=O)(=O)c3ccccc3S(C)(=O)=O)ccc21. The third-order valence-electron chi connectivity index (χ3n) is 4.45. The molecule has 2 N–H and O–H groups in total. The van der Waals surface area contributed by atoms with E-state index in [9.17, 15) is 26.4 Å². The molecule has 3 rings (SSSR count). The summed E-state index contributed by atoms with van der Waals surface area (Å²) in [5, 5.41) is 13.4. The number of aromatic nitrogens is 2. The van der Waals surface area contributed by atoms with Gasteiger partial charge in [0.25, 0.3) is 10.0 Å². The molecule has 3 aromatic rings. The molecule has 1 heterocycles. The van der Waals surface area contributed by atoms with E-state index in [1.54, 1.807) is 20.8 Å². The zero-order valence-electron chi connectivity index (χ0n) is 19.2. The Bertz CT molecular complexity index is 1560. The van der Waals surface area contributed by atoms with E-state index < -0.39 is 42.4 Å². The Labute approximate surface area is 202 Å². The number of carboxylic acids is 1. The van der Waals surface area contributed by atoms with Gasteiger partial charge in [0.1, 0.15) is 10.5 Å². The molecule has 0 bridgehead atoms. The number of ether oxygens (including phenoxy) is 1. The lowest BCUT2D eigenvalue weighted by atomic mass is 10.2. The van der Waals surface area contributed by atoms with Crippen molar-refractivity contribution in [2.45, 2.75) is 36.2 Å². The lowest BCUT2D eigenvalue weighted by molar-refractivity contribution is -0.131. The minimum atomic E-state index is -4.33. The van der Waals surface area contributed by atoms with Crippen LogP contribution in [0.15, 0.2) is 58.3 Å². The number of rotatable bonds is 6. The van der Waals surface area contributed by atoms with Gasteiger partial charge in [-0.1, -0.05) is 12.1 Å². The fourth-order valence-electron chi connectivity index (χ4n) is 3.11. The molecule has 0 saturated carbocycles. The highest BCUT2D eigenvalue weighted by Gasteiger charge is 2.25. The van der Waals surface area contributed by atoms with Gasteiger partial charge in [-0.25, -0.2) is 26.4 Å². The van der Waals surface area contributed by atoms with Crippen molar-refractivity contribution in [1.29, 1.82) is 0 Å². The maximum atomic E-state index is 13.0. The predicted molar refractivity (Wildman–Crippen MR) is 128 cm³/mol. The van der Waals surface area contributed by atoms with Crippen molar-refractivity contribution in [3.63, 3.8) is 0 Å². The second kappa shape index (κ2) is 9.15. The van der Waals surface area contributed by atoms with Crippen LogP contribution in [-0.4, -0.2) is 55.6 Å². The first kappa shape index (κ1) is 25.9. The second-order valence-corrected chi connectivity index (χ2v) is 12.1. The van der Waals surface area contributed by atoms with E-state index in [1.165, 1.54) is 42.5 Å². The normalized spacial score (nSPS) is 12.7. The molecule has 0 unspecified atom stereocenters. The maximum absolute atomic E-state index is 13.0. The number of fused-ring (bicyclic) bond motifs is 1. The number of hydrogen-bond acceptors (Lipinski definition) is 8. The molecule has 0 spiro atoms. The highest BCUT2D eigenvalue weighted by molar-refractivity contribution is 7.95. The number of nitrogens with zero attached hydrogens (tertiary/aromatic N) is 2. The number of sulfone groups is 1. The number of hydrogen-bond donors (Lipinski definition) is 2. The van der Waals surface area contributed by atoms with Crippen LogP contribution in [0.4, 0.5) is 10.5 Å². The zero-order valence-corrected chi connectivity index (χ0v) is 20.8. The topological polar surface area (TPSA) is 162 Å². The lowest BCUT2D eigenvalue weighted by Crippen LogP contribution is -2.27. The van der Waals surface area contributed by atoms with E-state index in [0.29, 0.717) is 0 Å². The molecule has 35 heavy (non-hydrogen) atoms. The maximum Gasteiger partial charge on any atom is 0.435 e. The van der Waals surface area contributed by atoms with Crippen molar-refractivity contribution in [1.82, 2.24) is 9.78 Å². The molecular formula is C22H23N3O8S2. The van der Waals surface area contributed by atoms with Gasteiger partial charge < -0.3 is 9.84 Å². The molecule has 13 heteroatoms. The number of carbonyl (C=O) groups is 2. The van der Waals surface area contributed by atoms with Crippen molar-refractivity contribution in [2.24, 2.45) is 0 Å². The molecule has 0 atom stereocenters. The third-order valence-corrected chi connectivity index (χ3v) is 7.17. The summed E-state index contributed by atoms with van der Waals surface area (Å²) in [4.78, 5) is 22.8. The molecule has 0 aliphatic heterocycles. The summed E-state index contributed by atoms with van der Waals surface area (Å²) in [6, 6.07) is 9.28. The first-order valence-corrected chi connectivity index (χ1v) is 13.4.